The molecule has 3 nitrogen and oxygen atoms in total. The van der Waals surface area contributed by atoms with E-state index in [1.807, 2.05) is 24.4 Å². The van der Waals surface area contributed by atoms with Crippen molar-refractivity contribution in [3.8, 4) is 0 Å². The topological polar surface area (TPSA) is 50.9 Å². The molecule has 2 aromatic rings. The van der Waals surface area contributed by atoms with E-state index in [9.17, 15) is 0 Å². The molecule has 0 saturated heterocycles. The summed E-state index contributed by atoms with van der Waals surface area (Å²) in [5, 5.41) is 3.43. The summed E-state index contributed by atoms with van der Waals surface area (Å²) >= 11 is 3.50. The molecule has 0 bridgehead atoms. The quantitative estimate of drug-likeness (QED) is 0.911. The van der Waals surface area contributed by atoms with Crippen LogP contribution in [-0.4, -0.2) is 11.5 Å². The lowest BCUT2D eigenvalue weighted by atomic mass is 10.1. The molecule has 0 radical (unpaired) electrons. The van der Waals surface area contributed by atoms with Gasteiger partial charge in [-0.3, -0.25) is 4.98 Å². The van der Waals surface area contributed by atoms with E-state index in [2.05, 4.69) is 45.3 Å². The van der Waals surface area contributed by atoms with Crippen molar-refractivity contribution in [1.82, 2.24) is 4.98 Å². The van der Waals surface area contributed by atoms with Crippen molar-refractivity contribution in [1.29, 1.82) is 0 Å². The summed E-state index contributed by atoms with van der Waals surface area (Å²) in [6.45, 7) is 2.59. The van der Waals surface area contributed by atoms with Crippen molar-refractivity contribution in [2.24, 2.45) is 5.73 Å². The third kappa shape index (κ3) is 3.31. The smallest absolute Gasteiger partial charge is 0.0651 e. The van der Waals surface area contributed by atoms with E-state index in [4.69, 9.17) is 5.73 Å². The van der Waals surface area contributed by atoms with Gasteiger partial charge < -0.3 is 11.1 Å². The van der Waals surface area contributed by atoms with Crippen molar-refractivity contribution >= 4 is 21.6 Å². The minimum atomic E-state index is 0.0763. The van der Waals surface area contributed by atoms with Crippen LogP contribution < -0.4 is 11.1 Å². The van der Waals surface area contributed by atoms with Gasteiger partial charge in [0.25, 0.3) is 0 Å². The highest BCUT2D eigenvalue weighted by atomic mass is 79.9. The maximum atomic E-state index is 5.83. The van der Waals surface area contributed by atoms with E-state index < -0.39 is 0 Å². The van der Waals surface area contributed by atoms with Gasteiger partial charge in [0.2, 0.25) is 0 Å². The van der Waals surface area contributed by atoms with Crippen LogP contribution in [0.4, 0.5) is 5.69 Å². The summed E-state index contributed by atoms with van der Waals surface area (Å²) in [4.78, 5) is 4.13. The van der Waals surface area contributed by atoms with E-state index in [-0.39, 0.29) is 6.04 Å². The van der Waals surface area contributed by atoms with Gasteiger partial charge in [0.05, 0.1) is 6.04 Å². The number of aryl methyl sites for hydroxylation is 1. The number of rotatable bonds is 4. The zero-order valence-corrected chi connectivity index (χ0v) is 11.8. The Hall–Kier alpha value is -1.39. The molecule has 0 spiro atoms. The molecule has 94 valence electrons. The Morgan fingerprint density at radius 1 is 1.39 bits per heavy atom. The van der Waals surface area contributed by atoms with Crippen LogP contribution in [0.2, 0.25) is 0 Å². The summed E-state index contributed by atoms with van der Waals surface area (Å²) in [5.41, 5.74) is 9.18. The Bertz CT molecular complexity index is 493. The first-order valence-corrected chi connectivity index (χ1v) is 6.62. The first-order chi connectivity index (χ1) is 8.69. The highest BCUT2D eigenvalue weighted by molar-refractivity contribution is 9.10. The molecule has 0 fully saturated rings. The van der Waals surface area contributed by atoms with Crippen molar-refractivity contribution in [2.45, 2.75) is 13.0 Å². The van der Waals surface area contributed by atoms with Gasteiger partial charge >= 0.3 is 0 Å². The Labute approximate surface area is 116 Å². The SMILES string of the molecule is Cc1cc(Br)cc(NC(CN)c2cccnc2)c1. The molecule has 0 aliphatic heterocycles. The predicted octanol–water partition coefficient (Wildman–Crippen LogP) is 3.26. The molecule has 0 aliphatic rings. The Morgan fingerprint density at radius 3 is 2.83 bits per heavy atom. The molecule has 1 heterocycles. The first kappa shape index (κ1) is 13.1. The van der Waals surface area contributed by atoms with Crippen LogP contribution in [0, 0.1) is 6.92 Å². The standard InChI is InChI=1S/C14H16BrN3/c1-10-5-12(15)7-13(6-10)18-14(8-16)11-3-2-4-17-9-11/h2-7,9,14,18H,8,16H2,1H3. The average Bonchev–Trinajstić information content (AvgIpc) is 2.36. The molecule has 0 saturated carbocycles. The number of pyridine rings is 1. The summed E-state index contributed by atoms with van der Waals surface area (Å²) in [5.74, 6) is 0. The molecule has 0 amide bonds. The van der Waals surface area contributed by atoms with E-state index in [1.165, 1.54) is 5.56 Å². The van der Waals surface area contributed by atoms with Crippen molar-refractivity contribution in [2.75, 3.05) is 11.9 Å². The lowest BCUT2D eigenvalue weighted by molar-refractivity contribution is 0.785. The maximum Gasteiger partial charge on any atom is 0.0651 e. The minimum Gasteiger partial charge on any atom is -0.377 e. The van der Waals surface area contributed by atoms with Gasteiger partial charge in [-0.05, 0) is 42.3 Å². The fraction of sp³-hybridized carbons (Fsp3) is 0.214. The van der Waals surface area contributed by atoms with Crippen molar-refractivity contribution in [3.05, 3.63) is 58.3 Å². The number of hydrogen-bond donors (Lipinski definition) is 2. The summed E-state index contributed by atoms with van der Waals surface area (Å²) in [6.07, 6.45) is 3.61. The van der Waals surface area contributed by atoms with Gasteiger partial charge in [-0.1, -0.05) is 22.0 Å². The molecule has 18 heavy (non-hydrogen) atoms. The van der Waals surface area contributed by atoms with E-state index in [0.29, 0.717) is 6.54 Å². The fourth-order valence-electron chi connectivity index (χ4n) is 1.88. The number of nitrogens with two attached hydrogens (primary N) is 1. The van der Waals surface area contributed by atoms with E-state index >= 15 is 0 Å². The molecule has 0 aliphatic carbocycles. The van der Waals surface area contributed by atoms with Crippen LogP contribution >= 0.6 is 15.9 Å². The second-order valence-electron chi connectivity index (χ2n) is 4.24. The maximum absolute atomic E-state index is 5.83. The Morgan fingerprint density at radius 2 is 2.22 bits per heavy atom. The number of hydrogen-bond acceptors (Lipinski definition) is 3. The van der Waals surface area contributed by atoms with Gasteiger partial charge in [0.1, 0.15) is 0 Å². The highest BCUT2D eigenvalue weighted by Gasteiger charge is 2.09. The second kappa shape index (κ2) is 5.98. The molecular formula is C14H16BrN3. The van der Waals surface area contributed by atoms with Crippen molar-refractivity contribution < 1.29 is 0 Å². The average molecular weight is 306 g/mol. The van der Waals surface area contributed by atoms with E-state index in [1.54, 1.807) is 6.20 Å². The van der Waals surface area contributed by atoms with Gasteiger partial charge in [0.15, 0.2) is 0 Å². The molecular weight excluding hydrogens is 290 g/mol. The molecule has 1 atom stereocenters. The third-order valence-corrected chi connectivity index (χ3v) is 3.16. The lowest BCUT2D eigenvalue weighted by Gasteiger charge is -2.18. The minimum absolute atomic E-state index is 0.0763. The number of nitrogens with zero attached hydrogens (tertiary/aromatic N) is 1. The zero-order chi connectivity index (χ0) is 13.0. The Balaban J connectivity index is 2.20. The number of nitrogens with one attached hydrogen (secondary N) is 1. The van der Waals surface area contributed by atoms with E-state index in [0.717, 1.165) is 15.7 Å². The summed E-state index contributed by atoms with van der Waals surface area (Å²) in [6, 6.07) is 10.3. The zero-order valence-electron chi connectivity index (χ0n) is 10.2. The number of benzene rings is 1. The van der Waals surface area contributed by atoms with Gasteiger partial charge in [-0.2, -0.15) is 0 Å². The largest absolute Gasteiger partial charge is 0.377 e. The summed E-state index contributed by atoms with van der Waals surface area (Å²) in [7, 11) is 0. The predicted molar refractivity (Wildman–Crippen MR) is 78.5 cm³/mol. The van der Waals surface area contributed by atoms with Gasteiger partial charge in [-0.25, -0.2) is 0 Å². The van der Waals surface area contributed by atoms with Crippen LogP contribution in [0.5, 0.6) is 0 Å². The number of aromatic nitrogens is 1. The molecule has 1 aromatic carbocycles. The normalized spacial score (nSPS) is 12.2. The van der Waals surface area contributed by atoms with Crippen LogP contribution in [0.25, 0.3) is 0 Å². The van der Waals surface area contributed by atoms with Crippen molar-refractivity contribution in [3.63, 3.8) is 0 Å². The van der Waals surface area contributed by atoms with Crippen LogP contribution in [0.1, 0.15) is 17.2 Å². The molecule has 4 heteroatoms. The monoisotopic (exact) mass is 305 g/mol. The van der Waals surface area contributed by atoms with Crippen LogP contribution in [-0.2, 0) is 0 Å². The fourth-order valence-corrected chi connectivity index (χ4v) is 2.49. The van der Waals surface area contributed by atoms with Gasteiger partial charge in [-0.15, -0.1) is 0 Å². The van der Waals surface area contributed by atoms with Crippen LogP contribution in [0.3, 0.4) is 0 Å². The lowest BCUT2D eigenvalue weighted by Crippen LogP contribution is -2.20. The number of anilines is 1. The molecule has 2 rings (SSSR count). The first-order valence-electron chi connectivity index (χ1n) is 5.83. The third-order valence-electron chi connectivity index (χ3n) is 2.71. The molecule has 3 N–H and O–H groups in total. The molecule has 1 unspecified atom stereocenters. The summed E-state index contributed by atoms with van der Waals surface area (Å²) < 4.78 is 1.06. The second-order valence-corrected chi connectivity index (χ2v) is 5.15. The Kier molecular flexibility index (Phi) is 4.33. The molecule has 1 aromatic heterocycles. The van der Waals surface area contributed by atoms with Gasteiger partial charge in [0, 0.05) is 29.1 Å². The number of halogens is 1. The van der Waals surface area contributed by atoms with Crippen LogP contribution in [0.15, 0.2) is 47.2 Å². The highest BCUT2D eigenvalue weighted by Crippen LogP contribution is 2.23.